The molecule has 0 aromatic heterocycles. The van der Waals surface area contributed by atoms with Crippen molar-refractivity contribution < 1.29 is 80.2 Å². The van der Waals surface area contributed by atoms with Crippen LogP contribution in [0.4, 0.5) is 0 Å². The molecular formula is C87H170O17P2. The topological polar surface area (TPSA) is 237 Å². The normalized spacial score (nSPS) is 14.2. The molecule has 0 heterocycles. The van der Waals surface area contributed by atoms with Crippen molar-refractivity contribution in [2.75, 3.05) is 39.6 Å². The number of aliphatic hydroxyl groups excluding tert-OH is 1. The summed E-state index contributed by atoms with van der Waals surface area (Å²) in [7, 11) is -9.93. The number of phosphoric acid groups is 2. The standard InChI is InChI=1S/C87H170O17P2/c1-9-80(8)66-58-50-41-35-29-23-16-12-10-11-13-17-24-30-36-42-51-59-67-84(89)97-73-82(103-86(91)69-62-54-44-38-32-26-20-19-22-28-34-40-48-56-64-78(4)5)75-101-105(93,94)99-71-81(88)72-100-106(95,96)102-76-83(74-98-85(90)68-60-52-46-45-49-57-65-79(6)7)104-87(92)70-61-53-43-37-31-25-18-14-15-21-27-33-39-47-55-63-77(2)3/h77-83,88H,9-76H2,1-8H3,(H,93,94)(H,95,96)/t80?,81?,82-,83-/m1/s1. The Labute approximate surface area is 651 Å². The molecule has 19 heteroatoms. The Morgan fingerprint density at radius 1 is 0.264 bits per heavy atom. The van der Waals surface area contributed by atoms with Crippen LogP contribution in [0.2, 0.25) is 0 Å². The van der Waals surface area contributed by atoms with Gasteiger partial charge in [0.2, 0.25) is 0 Å². The number of hydrogen-bond acceptors (Lipinski definition) is 15. The Balaban J connectivity index is 5.19. The first-order chi connectivity index (χ1) is 51.1. The third-order valence-electron chi connectivity index (χ3n) is 20.7. The maximum Gasteiger partial charge on any atom is 0.472 e. The smallest absolute Gasteiger partial charge is 0.462 e. The highest BCUT2D eigenvalue weighted by Crippen LogP contribution is 2.45. The van der Waals surface area contributed by atoms with Gasteiger partial charge in [-0.3, -0.25) is 37.3 Å². The van der Waals surface area contributed by atoms with Gasteiger partial charge in [0, 0.05) is 25.7 Å². The van der Waals surface area contributed by atoms with Gasteiger partial charge < -0.3 is 33.8 Å². The highest BCUT2D eigenvalue weighted by molar-refractivity contribution is 7.47. The van der Waals surface area contributed by atoms with E-state index < -0.39 is 97.5 Å². The number of esters is 4. The zero-order chi connectivity index (χ0) is 78.1. The van der Waals surface area contributed by atoms with E-state index in [0.29, 0.717) is 31.6 Å². The number of unbranched alkanes of at least 4 members (excludes halogenated alkanes) is 49. The lowest BCUT2D eigenvalue weighted by atomic mass is 9.99. The van der Waals surface area contributed by atoms with Crippen molar-refractivity contribution >= 4 is 39.5 Å². The number of carbonyl (C=O) groups is 4. The van der Waals surface area contributed by atoms with E-state index in [4.69, 9.17) is 37.0 Å². The fraction of sp³-hybridized carbons (Fsp3) is 0.954. The van der Waals surface area contributed by atoms with Gasteiger partial charge >= 0.3 is 39.5 Å². The van der Waals surface area contributed by atoms with Crippen LogP contribution in [0.1, 0.15) is 453 Å². The van der Waals surface area contributed by atoms with E-state index in [1.54, 1.807) is 0 Å². The molecule has 0 aromatic carbocycles. The van der Waals surface area contributed by atoms with Crippen LogP contribution in [0, 0.1) is 23.7 Å². The molecule has 0 fully saturated rings. The molecule has 0 bridgehead atoms. The largest absolute Gasteiger partial charge is 0.472 e. The zero-order valence-corrected chi connectivity index (χ0v) is 71.9. The van der Waals surface area contributed by atoms with Crippen molar-refractivity contribution in [2.45, 2.75) is 472 Å². The lowest BCUT2D eigenvalue weighted by Crippen LogP contribution is -2.30. The fourth-order valence-corrected chi connectivity index (χ4v) is 15.0. The number of aliphatic hydroxyl groups is 1. The van der Waals surface area contributed by atoms with Gasteiger partial charge in [-0.2, -0.15) is 0 Å². The lowest BCUT2D eigenvalue weighted by Gasteiger charge is -2.21. The van der Waals surface area contributed by atoms with Crippen LogP contribution < -0.4 is 0 Å². The van der Waals surface area contributed by atoms with E-state index in [0.717, 1.165) is 114 Å². The molecule has 17 nitrogen and oxygen atoms in total. The van der Waals surface area contributed by atoms with Crippen molar-refractivity contribution in [3.63, 3.8) is 0 Å². The molecule has 3 N–H and O–H groups in total. The Hall–Kier alpha value is -1.94. The molecule has 4 unspecified atom stereocenters. The third-order valence-corrected chi connectivity index (χ3v) is 22.6. The average Bonchev–Trinajstić information content (AvgIpc) is 0.909. The Morgan fingerprint density at radius 2 is 0.453 bits per heavy atom. The minimum Gasteiger partial charge on any atom is -0.462 e. The fourth-order valence-electron chi connectivity index (χ4n) is 13.5. The molecule has 0 spiro atoms. The Kier molecular flexibility index (Phi) is 74.3. The summed E-state index contributed by atoms with van der Waals surface area (Å²) >= 11 is 0. The first-order valence-corrected chi connectivity index (χ1v) is 47.7. The van der Waals surface area contributed by atoms with Crippen LogP contribution >= 0.6 is 15.6 Å². The number of ether oxygens (including phenoxy) is 4. The van der Waals surface area contributed by atoms with E-state index in [-0.39, 0.29) is 25.7 Å². The van der Waals surface area contributed by atoms with Crippen LogP contribution in [0.15, 0.2) is 0 Å². The summed E-state index contributed by atoms with van der Waals surface area (Å²) in [6, 6.07) is 0. The molecule has 0 aliphatic rings. The highest BCUT2D eigenvalue weighted by Gasteiger charge is 2.31. The van der Waals surface area contributed by atoms with E-state index in [2.05, 4.69) is 55.4 Å². The quantitative estimate of drug-likeness (QED) is 0.0222. The number of hydrogen-bond donors (Lipinski definition) is 3. The van der Waals surface area contributed by atoms with Crippen LogP contribution in [0.3, 0.4) is 0 Å². The summed E-state index contributed by atoms with van der Waals surface area (Å²) in [5.74, 6) is 1.04. The number of carbonyl (C=O) groups excluding carboxylic acids is 4. The van der Waals surface area contributed by atoms with E-state index in [1.807, 2.05) is 0 Å². The molecule has 0 rings (SSSR count). The van der Waals surface area contributed by atoms with E-state index in [9.17, 15) is 43.2 Å². The van der Waals surface area contributed by atoms with E-state index in [1.165, 1.54) is 250 Å². The molecule has 0 amide bonds. The van der Waals surface area contributed by atoms with Crippen molar-refractivity contribution in [3.05, 3.63) is 0 Å². The second-order valence-electron chi connectivity index (χ2n) is 33.0. The molecule has 630 valence electrons. The second-order valence-corrected chi connectivity index (χ2v) is 35.9. The second kappa shape index (κ2) is 75.7. The molecule has 0 aliphatic heterocycles. The predicted molar refractivity (Wildman–Crippen MR) is 437 cm³/mol. The van der Waals surface area contributed by atoms with Gasteiger partial charge in [0.15, 0.2) is 12.2 Å². The van der Waals surface area contributed by atoms with Crippen LogP contribution in [-0.2, 0) is 65.4 Å². The molecule has 6 atom stereocenters. The zero-order valence-electron chi connectivity index (χ0n) is 70.1. The van der Waals surface area contributed by atoms with Gasteiger partial charge in [-0.1, -0.05) is 402 Å². The number of rotatable bonds is 84. The first kappa shape index (κ1) is 104. The van der Waals surface area contributed by atoms with Gasteiger partial charge in [-0.15, -0.1) is 0 Å². The minimum absolute atomic E-state index is 0.107. The molecule has 0 aromatic rings. The SMILES string of the molecule is CCC(C)CCCCCCCCCCCCCCCCCCCCC(=O)OC[C@H](COP(=O)(O)OCC(O)COP(=O)(O)OC[C@@H](COC(=O)CCCCCCCCC(C)C)OC(=O)CCCCCCCCCCCCCCCCCC(C)C)OC(=O)CCCCCCCCCCCCCCCCC(C)C. The molecular weight excluding hydrogens is 1380 g/mol. The van der Waals surface area contributed by atoms with Gasteiger partial charge in [-0.05, 0) is 49.4 Å². The highest BCUT2D eigenvalue weighted by atomic mass is 31.2. The van der Waals surface area contributed by atoms with Crippen LogP contribution in [0.5, 0.6) is 0 Å². The summed E-state index contributed by atoms with van der Waals surface area (Å²) in [6.45, 7) is 14.3. The summed E-state index contributed by atoms with van der Waals surface area (Å²) in [4.78, 5) is 73.2. The molecule has 106 heavy (non-hydrogen) atoms. The van der Waals surface area contributed by atoms with E-state index >= 15 is 0 Å². The predicted octanol–water partition coefficient (Wildman–Crippen LogP) is 26.3. The number of phosphoric ester groups is 2. The van der Waals surface area contributed by atoms with Crippen LogP contribution in [0.25, 0.3) is 0 Å². The Morgan fingerprint density at radius 3 is 0.670 bits per heavy atom. The van der Waals surface area contributed by atoms with Crippen molar-refractivity contribution in [1.82, 2.24) is 0 Å². The van der Waals surface area contributed by atoms with Crippen LogP contribution in [-0.4, -0.2) is 96.7 Å². The molecule has 0 saturated heterocycles. The van der Waals surface area contributed by atoms with Crippen molar-refractivity contribution in [1.29, 1.82) is 0 Å². The third kappa shape index (κ3) is 78.7. The van der Waals surface area contributed by atoms with Gasteiger partial charge in [0.05, 0.1) is 26.4 Å². The average molecular weight is 1550 g/mol. The summed E-state index contributed by atoms with van der Waals surface area (Å²) < 4.78 is 68.9. The first-order valence-electron chi connectivity index (χ1n) is 44.7. The van der Waals surface area contributed by atoms with Gasteiger partial charge in [-0.25, -0.2) is 9.13 Å². The molecule has 0 radical (unpaired) electrons. The monoisotopic (exact) mass is 1550 g/mol. The van der Waals surface area contributed by atoms with Gasteiger partial charge in [0.25, 0.3) is 0 Å². The summed E-state index contributed by atoms with van der Waals surface area (Å²) in [5.41, 5.74) is 0. The maximum absolute atomic E-state index is 13.1. The minimum atomic E-state index is -4.97. The molecule has 0 aliphatic carbocycles. The van der Waals surface area contributed by atoms with Crippen molar-refractivity contribution in [2.24, 2.45) is 23.7 Å². The summed E-state index contributed by atoms with van der Waals surface area (Å²) in [6.07, 6.45) is 65.4. The maximum atomic E-state index is 13.1. The lowest BCUT2D eigenvalue weighted by molar-refractivity contribution is -0.161. The molecule has 0 saturated carbocycles. The van der Waals surface area contributed by atoms with Gasteiger partial charge in [0.1, 0.15) is 19.3 Å². The van der Waals surface area contributed by atoms with Crippen molar-refractivity contribution in [3.8, 4) is 0 Å². The Bertz CT molecular complexity index is 2060. The summed E-state index contributed by atoms with van der Waals surface area (Å²) in [5, 5.41) is 10.7.